The van der Waals surface area contributed by atoms with E-state index < -0.39 is 0 Å². The molecule has 0 fully saturated rings. The number of carbonyl (C=O) groups is 1. The third-order valence-electron chi connectivity index (χ3n) is 4.56. The van der Waals surface area contributed by atoms with Crippen molar-refractivity contribution in [2.24, 2.45) is 10.9 Å². The van der Waals surface area contributed by atoms with Crippen molar-refractivity contribution in [3.63, 3.8) is 0 Å². The molecule has 1 heterocycles. The summed E-state index contributed by atoms with van der Waals surface area (Å²) in [5.41, 5.74) is 3.10. The fourth-order valence-electron chi connectivity index (χ4n) is 3.29. The monoisotopic (exact) mass is 386 g/mol. The Labute approximate surface area is 152 Å². The zero-order valence-electron chi connectivity index (χ0n) is 14.0. The molecule has 1 aromatic carbocycles. The van der Waals surface area contributed by atoms with E-state index in [0.717, 1.165) is 53.7 Å². The quantitative estimate of drug-likeness (QED) is 0.649. The second-order valence-electron chi connectivity index (χ2n) is 6.30. The lowest BCUT2D eigenvalue weighted by atomic mass is 9.87. The van der Waals surface area contributed by atoms with Gasteiger partial charge in [-0.15, -0.1) is 0 Å². The van der Waals surface area contributed by atoms with Crippen LogP contribution in [0, 0.1) is 5.92 Å². The lowest BCUT2D eigenvalue weighted by molar-refractivity contribution is -0.114. The number of benzene rings is 1. The number of carbonyl (C=O) groups excluding carboxylic acids is 1. The number of fused-ring (bicyclic) bond motifs is 1. The average Bonchev–Trinajstić information content (AvgIpc) is 2.59. The van der Waals surface area contributed by atoms with Gasteiger partial charge in [-0.3, -0.25) is 9.79 Å². The molecular formula is C20H23BrN2O. The standard InChI is InChI=1S/C20H23BrN2O/c1-2-3-13-23-18-10-9-16(21)14-17(18)20(22-12-11-19(23)24)15-7-5-4-6-8-15/h5,7,9-12,14-15H,2-4,6,8,13H2,1H3/b12-11-,22-20?. The average molecular weight is 387 g/mol. The molecular weight excluding hydrogens is 364 g/mol. The van der Waals surface area contributed by atoms with Gasteiger partial charge < -0.3 is 4.90 Å². The van der Waals surface area contributed by atoms with Crippen LogP contribution in [0.5, 0.6) is 0 Å². The maximum Gasteiger partial charge on any atom is 0.252 e. The minimum Gasteiger partial charge on any atom is -0.308 e. The molecule has 1 atom stereocenters. The van der Waals surface area contributed by atoms with Crippen LogP contribution < -0.4 is 4.90 Å². The zero-order chi connectivity index (χ0) is 16.9. The van der Waals surface area contributed by atoms with Gasteiger partial charge in [0.25, 0.3) is 5.91 Å². The Hall–Kier alpha value is -1.68. The summed E-state index contributed by atoms with van der Waals surface area (Å²) < 4.78 is 1.01. The number of unbranched alkanes of at least 4 members (excludes halogenated alkanes) is 1. The van der Waals surface area contributed by atoms with Gasteiger partial charge in [0.2, 0.25) is 0 Å². The fourth-order valence-corrected chi connectivity index (χ4v) is 3.65. The number of hydrogen-bond acceptors (Lipinski definition) is 2. The van der Waals surface area contributed by atoms with Crippen molar-refractivity contribution < 1.29 is 4.79 Å². The Kier molecular flexibility index (Phi) is 5.67. The van der Waals surface area contributed by atoms with Crippen molar-refractivity contribution in [1.82, 2.24) is 0 Å². The molecule has 0 bridgehead atoms. The van der Waals surface area contributed by atoms with E-state index in [1.54, 1.807) is 12.3 Å². The highest BCUT2D eigenvalue weighted by molar-refractivity contribution is 9.10. The van der Waals surface area contributed by atoms with Gasteiger partial charge >= 0.3 is 0 Å². The number of hydrogen-bond donors (Lipinski definition) is 0. The molecule has 1 aliphatic heterocycles. The van der Waals surface area contributed by atoms with E-state index in [1.807, 2.05) is 17.0 Å². The Morgan fingerprint density at radius 2 is 2.25 bits per heavy atom. The maximum absolute atomic E-state index is 12.5. The van der Waals surface area contributed by atoms with E-state index in [1.165, 1.54) is 6.42 Å². The molecule has 0 N–H and O–H groups in total. The summed E-state index contributed by atoms with van der Waals surface area (Å²) in [5, 5.41) is 0. The first-order chi connectivity index (χ1) is 11.7. The number of halogens is 1. The van der Waals surface area contributed by atoms with E-state index in [-0.39, 0.29) is 5.91 Å². The largest absolute Gasteiger partial charge is 0.308 e. The molecule has 126 valence electrons. The predicted octanol–water partition coefficient (Wildman–Crippen LogP) is 5.25. The van der Waals surface area contributed by atoms with Gasteiger partial charge in [-0.05, 0) is 43.9 Å². The highest BCUT2D eigenvalue weighted by Gasteiger charge is 2.25. The Morgan fingerprint density at radius 1 is 1.38 bits per heavy atom. The van der Waals surface area contributed by atoms with Crippen LogP contribution in [0.3, 0.4) is 0 Å². The number of allylic oxidation sites excluding steroid dienone is 2. The van der Waals surface area contributed by atoms with Crippen LogP contribution >= 0.6 is 15.9 Å². The number of anilines is 1. The van der Waals surface area contributed by atoms with Crippen LogP contribution in [-0.4, -0.2) is 18.2 Å². The minimum atomic E-state index is 0.00834. The Bertz CT molecular complexity index is 706. The van der Waals surface area contributed by atoms with Gasteiger partial charge in [-0.25, -0.2) is 0 Å². The molecule has 0 saturated heterocycles. The first-order valence-corrected chi connectivity index (χ1v) is 9.52. The van der Waals surface area contributed by atoms with Crippen LogP contribution in [0.1, 0.15) is 44.6 Å². The van der Waals surface area contributed by atoms with Gasteiger partial charge in [0.15, 0.2) is 0 Å². The highest BCUT2D eigenvalue weighted by Crippen LogP contribution is 2.32. The van der Waals surface area contributed by atoms with Crippen LogP contribution in [-0.2, 0) is 4.79 Å². The predicted molar refractivity (Wildman–Crippen MR) is 104 cm³/mol. The molecule has 4 heteroatoms. The number of nitrogens with zero attached hydrogens (tertiary/aromatic N) is 2. The van der Waals surface area contributed by atoms with Gasteiger partial charge in [0, 0.05) is 34.8 Å². The minimum absolute atomic E-state index is 0.00834. The Morgan fingerprint density at radius 3 is 3.00 bits per heavy atom. The lowest BCUT2D eigenvalue weighted by Crippen LogP contribution is -2.33. The van der Waals surface area contributed by atoms with E-state index in [4.69, 9.17) is 0 Å². The molecule has 1 aliphatic carbocycles. The molecule has 3 nitrogen and oxygen atoms in total. The summed E-state index contributed by atoms with van der Waals surface area (Å²) in [7, 11) is 0. The smallest absolute Gasteiger partial charge is 0.252 e. The molecule has 24 heavy (non-hydrogen) atoms. The summed E-state index contributed by atoms with van der Waals surface area (Å²) in [6.07, 6.45) is 13.3. The van der Waals surface area contributed by atoms with E-state index in [9.17, 15) is 4.79 Å². The van der Waals surface area contributed by atoms with Crippen molar-refractivity contribution in [2.45, 2.75) is 39.0 Å². The molecule has 2 aliphatic rings. The van der Waals surface area contributed by atoms with E-state index >= 15 is 0 Å². The molecule has 0 saturated carbocycles. The van der Waals surface area contributed by atoms with Crippen molar-refractivity contribution in [3.8, 4) is 0 Å². The molecule has 0 aromatic heterocycles. The summed E-state index contributed by atoms with van der Waals surface area (Å²) in [6.45, 7) is 2.88. The van der Waals surface area contributed by atoms with Gasteiger partial charge in [0.05, 0.1) is 11.4 Å². The molecule has 3 rings (SSSR count). The number of rotatable bonds is 4. The summed E-state index contributed by atoms with van der Waals surface area (Å²) in [5.74, 6) is 0.326. The molecule has 0 spiro atoms. The normalized spacial score (nSPS) is 21.8. The van der Waals surface area contributed by atoms with Crippen molar-refractivity contribution in [3.05, 3.63) is 52.7 Å². The van der Waals surface area contributed by atoms with Crippen molar-refractivity contribution >= 4 is 33.2 Å². The number of amides is 1. The van der Waals surface area contributed by atoms with Crippen molar-refractivity contribution in [1.29, 1.82) is 0 Å². The molecule has 1 unspecified atom stereocenters. The zero-order valence-corrected chi connectivity index (χ0v) is 15.6. The summed E-state index contributed by atoms with van der Waals surface area (Å²) >= 11 is 3.58. The summed E-state index contributed by atoms with van der Waals surface area (Å²) in [6, 6.07) is 6.14. The van der Waals surface area contributed by atoms with E-state index in [2.05, 4.69) is 46.1 Å². The SMILES string of the molecule is CCCCN1C(=O)/C=C\N=C(C2C=CCCC2)c2cc(Br)ccc21. The highest BCUT2D eigenvalue weighted by atomic mass is 79.9. The van der Waals surface area contributed by atoms with Crippen LogP contribution in [0.15, 0.2) is 52.1 Å². The van der Waals surface area contributed by atoms with Gasteiger partial charge in [-0.2, -0.15) is 0 Å². The van der Waals surface area contributed by atoms with Gasteiger partial charge in [-0.1, -0.05) is 41.4 Å². The lowest BCUT2D eigenvalue weighted by Gasteiger charge is -2.28. The van der Waals surface area contributed by atoms with Crippen LogP contribution in [0.4, 0.5) is 5.69 Å². The third kappa shape index (κ3) is 3.69. The Balaban J connectivity index is 2.09. The maximum atomic E-state index is 12.5. The topological polar surface area (TPSA) is 32.7 Å². The molecule has 1 amide bonds. The second kappa shape index (κ2) is 7.93. The van der Waals surface area contributed by atoms with Crippen LogP contribution in [0.2, 0.25) is 0 Å². The van der Waals surface area contributed by atoms with Crippen LogP contribution in [0.25, 0.3) is 0 Å². The van der Waals surface area contributed by atoms with E-state index in [0.29, 0.717) is 5.92 Å². The summed E-state index contributed by atoms with van der Waals surface area (Å²) in [4.78, 5) is 19.1. The molecule has 1 aromatic rings. The van der Waals surface area contributed by atoms with Gasteiger partial charge in [0.1, 0.15) is 0 Å². The molecule has 0 radical (unpaired) electrons. The second-order valence-corrected chi connectivity index (χ2v) is 7.22. The third-order valence-corrected chi connectivity index (χ3v) is 5.06. The first kappa shape index (κ1) is 17.2. The fraction of sp³-hybridized carbons (Fsp3) is 0.400. The van der Waals surface area contributed by atoms with Crippen molar-refractivity contribution in [2.75, 3.05) is 11.4 Å². The number of aliphatic imine (C=N–C) groups is 1. The first-order valence-electron chi connectivity index (χ1n) is 8.73.